The molecule has 394 valence electrons. The lowest BCUT2D eigenvalue weighted by Gasteiger charge is -2.37. The summed E-state index contributed by atoms with van der Waals surface area (Å²) in [6, 6.07) is 74.7. The molecule has 0 N–H and O–H groups in total. The zero-order valence-corrected chi connectivity index (χ0v) is 43.7. The third-order valence-electron chi connectivity index (χ3n) is 14.5. The van der Waals surface area contributed by atoms with Crippen molar-refractivity contribution in [2.24, 2.45) is 0 Å². The van der Waals surface area contributed by atoms with Crippen molar-refractivity contribution in [3.8, 4) is 22.5 Å². The van der Waals surface area contributed by atoms with Gasteiger partial charge in [-0.2, -0.15) is 10.2 Å². The number of fused-ring (bicyclic) bond motifs is 2. The Bertz CT molecular complexity index is 3990. The van der Waals surface area contributed by atoms with Crippen molar-refractivity contribution >= 4 is 45.5 Å². The number of nitro groups is 2. The first-order chi connectivity index (χ1) is 39.8. The highest BCUT2D eigenvalue weighted by molar-refractivity contribution is 5.98. The number of hydrogen-bond donors (Lipinski definition) is 0. The minimum atomic E-state index is -0.979. The first-order valence-electron chi connectivity index (χ1n) is 26.0. The summed E-state index contributed by atoms with van der Waals surface area (Å²) in [5.41, 5.74) is 8.58. The topological polar surface area (TPSA) is 174 Å². The molecule has 4 aromatic heterocycles. The summed E-state index contributed by atoms with van der Waals surface area (Å²) in [5, 5.41) is 36.6. The van der Waals surface area contributed by atoms with Gasteiger partial charge in [0.1, 0.15) is 28.8 Å². The number of ether oxygens (including phenoxy) is 1. The largest absolute Gasteiger partial charge is 0.504 e. The highest BCUT2D eigenvalue weighted by Crippen LogP contribution is 2.47. The molecule has 12 rings (SSSR count). The highest BCUT2D eigenvalue weighted by Gasteiger charge is 2.43. The second kappa shape index (κ2) is 22.9. The molecule has 0 atom stereocenters. The lowest BCUT2D eigenvalue weighted by Crippen LogP contribution is -2.38. The Labute approximate surface area is 465 Å². The maximum atomic E-state index is 12.4. The fourth-order valence-corrected chi connectivity index (χ4v) is 11.0. The number of methoxy groups -OCH3 is 1. The predicted molar refractivity (Wildman–Crippen MR) is 314 cm³/mol. The number of nitro benzene ring substituents is 2. The molecule has 0 spiro atoms. The molecule has 0 aliphatic heterocycles. The van der Waals surface area contributed by atoms with Crippen molar-refractivity contribution in [2.45, 2.75) is 17.5 Å². The molecule has 0 bridgehead atoms. The van der Waals surface area contributed by atoms with Gasteiger partial charge >= 0.3 is 0 Å². The summed E-state index contributed by atoms with van der Waals surface area (Å²) in [6.07, 6.45) is 10.5. The Morgan fingerprint density at radius 1 is 0.469 bits per heavy atom. The van der Waals surface area contributed by atoms with Gasteiger partial charge in [-0.05, 0) is 75.9 Å². The summed E-state index contributed by atoms with van der Waals surface area (Å²) in [5.74, 6) is 0. The standard InChI is InChI=1S/C34H26N4O3.C33H24N4O3/c1-41-22-19-26-23-30-32(24-31(26)38(39)40)37(36-33(30)25-17-20-35-21-18-25)34(27-11-5-2-6-12-27,28-13-7-3-8-14-28)29-15-9-4-10-16-29;38-21-18-25-22-29-31(23-30(25)37(39)40)36(35-32(29)24-16-19-34-20-17-24)33(26-10-4-1-5-11-26,27-12-6-2-7-13-27)28-14-8-3-9-15-28/h2-24H,1H3;1-17,19-23H,18H2/b22-19+;. The number of pyridine rings is 2. The molecule has 14 nitrogen and oxygen atoms in total. The molecule has 0 fully saturated rings. The summed E-state index contributed by atoms with van der Waals surface area (Å²) >= 11 is 0. The number of carbonyl (C=O) groups is 1. The van der Waals surface area contributed by atoms with Gasteiger partial charge in [0.15, 0.2) is 0 Å². The van der Waals surface area contributed by atoms with Crippen LogP contribution in [0, 0.1) is 20.2 Å². The van der Waals surface area contributed by atoms with Crippen LogP contribution in [0.25, 0.3) is 50.4 Å². The number of carbonyl (C=O) groups excluding carboxylic acids is 1. The average molecular weight is 1060 g/mol. The van der Waals surface area contributed by atoms with Gasteiger partial charge in [0.25, 0.3) is 11.4 Å². The summed E-state index contributed by atoms with van der Waals surface area (Å²) < 4.78 is 8.95. The number of aromatic nitrogens is 6. The Balaban J connectivity index is 0.000000170. The van der Waals surface area contributed by atoms with Crippen molar-refractivity contribution < 1.29 is 19.4 Å². The molecule has 81 heavy (non-hydrogen) atoms. The van der Waals surface area contributed by atoms with E-state index in [4.69, 9.17) is 14.9 Å². The summed E-state index contributed by atoms with van der Waals surface area (Å²) in [4.78, 5) is 43.7. The second-order valence-electron chi connectivity index (χ2n) is 19.0. The first kappa shape index (κ1) is 52.1. The third-order valence-corrected chi connectivity index (χ3v) is 14.5. The molecule has 0 amide bonds. The maximum absolute atomic E-state index is 12.4. The van der Waals surface area contributed by atoms with Gasteiger partial charge in [-0.25, -0.2) is 9.36 Å². The van der Waals surface area contributed by atoms with Gasteiger partial charge in [0, 0.05) is 70.8 Å². The van der Waals surface area contributed by atoms with Crippen LogP contribution in [-0.4, -0.2) is 52.8 Å². The van der Waals surface area contributed by atoms with Crippen LogP contribution in [-0.2, 0) is 27.0 Å². The van der Waals surface area contributed by atoms with E-state index in [1.807, 2.05) is 149 Å². The van der Waals surface area contributed by atoms with E-state index in [1.54, 1.807) is 49.1 Å². The van der Waals surface area contributed by atoms with Crippen LogP contribution in [0.4, 0.5) is 11.4 Å². The van der Waals surface area contributed by atoms with Gasteiger partial charge in [-0.1, -0.05) is 182 Å². The van der Waals surface area contributed by atoms with Crippen LogP contribution in [0.3, 0.4) is 0 Å². The van der Waals surface area contributed by atoms with Crippen molar-refractivity contribution in [3.05, 3.63) is 326 Å². The van der Waals surface area contributed by atoms with E-state index in [9.17, 15) is 25.0 Å². The van der Waals surface area contributed by atoms with E-state index < -0.39 is 16.0 Å². The SMILES string of the molecule is CO/C=C/c1cc2c(-c3ccncc3)nn(C(c3ccccc3)(c3ccccc3)c3ccccc3)c2cc1[N+](=O)[O-].O=CCc1cc2c(-c3ccncc3)nn(C(c3ccccc3)(c3ccccc3)c3ccccc3)c2cc1[N+](=O)[O-]. The van der Waals surface area contributed by atoms with Crippen LogP contribution in [0.5, 0.6) is 0 Å². The zero-order valence-electron chi connectivity index (χ0n) is 43.7. The number of hydrogen-bond acceptors (Lipinski definition) is 10. The van der Waals surface area contributed by atoms with Gasteiger partial charge in [-0.15, -0.1) is 0 Å². The number of benzene rings is 8. The molecular formula is C67H50N8O6. The highest BCUT2D eigenvalue weighted by atomic mass is 16.6. The molecule has 4 heterocycles. The summed E-state index contributed by atoms with van der Waals surface area (Å²) in [6.45, 7) is 0. The van der Waals surface area contributed by atoms with E-state index in [2.05, 4.69) is 82.8 Å². The molecule has 8 aromatic carbocycles. The molecule has 0 saturated heterocycles. The number of rotatable bonds is 16. The van der Waals surface area contributed by atoms with Gasteiger partial charge in [0.05, 0.1) is 39.8 Å². The molecular weight excluding hydrogens is 1010 g/mol. The quantitative estimate of drug-likeness (QED) is 0.0298. The molecule has 0 saturated carbocycles. The average Bonchev–Trinajstić information content (AvgIpc) is 3.03. The normalized spacial score (nSPS) is 11.5. The fourth-order valence-electron chi connectivity index (χ4n) is 11.0. The van der Waals surface area contributed by atoms with Crippen LogP contribution >= 0.6 is 0 Å². The van der Waals surface area contributed by atoms with Crippen LogP contribution < -0.4 is 0 Å². The van der Waals surface area contributed by atoms with E-state index in [0.717, 1.165) is 49.9 Å². The lowest BCUT2D eigenvalue weighted by atomic mass is 9.77. The Morgan fingerprint density at radius 3 is 1.12 bits per heavy atom. The van der Waals surface area contributed by atoms with E-state index in [0.29, 0.717) is 45.2 Å². The fraction of sp³-hybridized carbons (Fsp3) is 0.0597. The zero-order chi connectivity index (χ0) is 55.8. The molecule has 0 unspecified atom stereocenters. The second-order valence-corrected chi connectivity index (χ2v) is 19.0. The first-order valence-corrected chi connectivity index (χ1v) is 26.0. The minimum absolute atomic E-state index is 0.0451. The predicted octanol–water partition coefficient (Wildman–Crippen LogP) is 14.1. The van der Waals surface area contributed by atoms with Gasteiger partial charge in [0.2, 0.25) is 0 Å². The van der Waals surface area contributed by atoms with E-state index >= 15 is 0 Å². The maximum Gasteiger partial charge on any atom is 0.278 e. The Kier molecular flexibility index (Phi) is 14.7. The van der Waals surface area contributed by atoms with Crippen molar-refractivity contribution in [1.29, 1.82) is 0 Å². The summed E-state index contributed by atoms with van der Waals surface area (Å²) in [7, 11) is 1.51. The van der Waals surface area contributed by atoms with E-state index in [-0.39, 0.29) is 22.7 Å². The van der Waals surface area contributed by atoms with Crippen molar-refractivity contribution in [3.63, 3.8) is 0 Å². The van der Waals surface area contributed by atoms with Crippen molar-refractivity contribution in [2.75, 3.05) is 7.11 Å². The van der Waals surface area contributed by atoms with Crippen LogP contribution in [0.15, 0.2) is 262 Å². The number of aldehydes is 1. The molecule has 0 aliphatic carbocycles. The Hall–Kier alpha value is -11.0. The lowest BCUT2D eigenvalue weighted by molar-refractivity contribution is -0.385. The molecule has 0 aliphatic rings. The van der Waals surface area contributed by atoms with Crippen LogP contribution in [0.2, 0.25) is 0 Å². The van der Waals surface area contributed by atoms with Crippen molar-refractivity contribution in [1.82, 2.24) is 29.5 Å². The monoisotopic (exact) mass is 1060 g/mol. The smallest absolute Gasteiger partial charge is 0.278 e. The van der Waals surface area contributed by atoms with Gasteiger partial charge in [-0.3, -0.25) is 30.2 Å². The Morgan fingerprint density at radius 2 is 0.802 bits per heavy atom. The molecule has 14 heteroatoms. The molecule has 12 aromatic rings. The molecule has 0 radical (unpaired) electrons. The third kappa shape index (κ3) is 9.56. The van der Waals surface area contributed by atoms with Crippen LogP contribution in [0.1, 0.15) is 44.5 Å². The van der Waals surface area contributed by atoms with E-state index in [1.165, 1.54) is 13.4 Å². The minimum Gasteiger partial charge on any atom is -0.504 e. The van der Waals surface area contributed by atoms with Gasteiger partial charge < -0.3 is 9.53 Å². The number of nitrogens with zero attached hydrogens (tertiary/aromatic N) is 8.